The first-order valence-corrected chi connectivity index (χ1v) is 8.01. The zero-order valence-corrected chi connectivity index (χ0v) is 13.9. The molecule has 7 nitrogen and oxygen atoms in total. The van der Waals surface area contributed by atoms with Crippen molar-refractivity contribution in [3.05, 3.63) is 35.7 Å². The van der Waals surface area contributed by atoms with Crippen LogP contribution >= 0.6 is 11.8 Å². The Morgan fingerprint density at radius 1 is 1.29 bits per heavy atom. The van der Waals surface area contributed by atoms with Gasteiger partial charge in [-0.3, -0.25) is 4.79 Å². The summed E-state index contributed by atoms with van der Waals surface area (Å²) in [6.07, 6.45) is 0. The maximum absolute atomic E-state index is 13.5. The van der Waals surface area contributed by atoms with Crippen LogP contribution in [0.5, 0.6) is 0 Å². The van der Waals surface area contributed by atoms with Gasteiger partial charge in [0.25, 0.3) is 0 Å². The van der Waals surface area contributed by atoms with Crippen molar-refractivity contribution in [1.29, 1.82) is 0 Å². The molecule has 0 unspecified atom stereocenters. The van der Waals surface area contributed by atoms with Gasteiger partial charge in [0, 0.05) is 20.2 Å². The lowest BCUT2D eigenvalue weighted by Crippen LogP contribution is -2.17. The number of aromatic nitrogens is 3. The van der Waals surface area contributed by atoms with Crippen molar-refractivity contribution in [3.63, 3.8) is 0 Å². The molecule has 0 aliphatic rings. The van der Waals surface area contributed by atoms with Crippen LogP contribution in [0.15, 0.2) is 18.2 Å². The zero-order chi connectivity index (χ0) is 17.7. The maximum atomic E-state index is 13.5. The van der Waals surface area contributed by atoms with Crippen molar-refractivity contribution in [2.24, 2.45) is 0 Å². The largest absolute Gasteiger partial charge is 0.368 e. The van der Waals surface area contributed by atoms with Gasteiger partial charge in [0.1, 0.15) is 17.5 Å². The third kappa shape index (κ3) is 5.01. The third-order valence-electron chi connectivity index (χ3n) is 2.76. The van der Waals surface area contributed by atoms with Gasteiger partial charge in [0.2, 0.25) is 17.8 Å². The number of carbonyl (C=O) groups excluding carboxylic acids is 1. The number of anilines is 3. The standard InChI is InChI=1S/C14H16F2N6OS/c1-22(2)14-20-11(19-13(17)21-14)6-24-7-12(23)18-10-4-3-8(15)5-9(10)16/h3-5H,6-7H2,1-2H3,(H,18,23)(H2,17,19,20,21). The van der Waals surface area contributed by atoms with Crippen molar-refractivity contribution in [3.8, 4) is 0 Å². The van der Waals surface area contributed by atoms with Gasteiger partial charge in [-0.1, -0.05) is 0 Å². The van der Waals surface area contributed by atoms with Gasteiger partial charge in [-0.15, -0.1) is 11.8 Å². The molecule has 0 saturated heterocycles. The average molecular weight is 354 g/mol. The molecule has 0 fully saturated rings. The Balaban J connectivity index is 1.88. The normalized spacial score (nSPS) is 10.5. The van der Waals surface area contributed by atoms with Gasteiger partial charge in [-0.25, -0.2) is 8.78 Å². The molecule has 128 valence electrons. The number of benzene rings is 1. The number of hydrogen-bond donors (Lipinski definition) is 2. The summed E-state index contributed by atoms with van der Waals surface area (Å²) in [6.45, 7) is 0. The van der Waals surface area contributed by atoms with Crippen LogP contribution in [0.25, 0.3) is 0 Å². The molecule has 0 aliphatic carbocycles. The summed E-state index contributed by atoms with van der Waals surface area (Å²) in [5, 5.41) is 2.38. The summed E-state index contributed by atoms with van der Waals surface area (Å²) < 4.78 is 26.3. The number of nitrogens with one attached hydrogen (secondary N) is 1. The molecule has 2 aromatic rings. The number of nitrogens with zero attached hydrogens (tertiary/aromatic N) is 4. The molecule has 1 amide bonds. The Labute approximate surface area is 141 Å². The van der Waals surface area contributed by atoms with Crippen LogP contribution in [0.4, 0.5) is 26.4 Å². The van der Waals surface area contributed by atoms with Crippen LogP contribution in [0.1, 0.15) is 5.82 Å². The van der Waals surface area contributed by atoms with E-state index in [1.54, 1.807) is 19.0 Å². The molecule has 0 bridgehead atoms. The molecule has 1 heterocycles. The van der Waals surface area contributed by atoms with E-state index < -0.39 is 17.5 Å². The van der Waals surface area contributed by atoms with E-state index in [0.29, 0.717) is 23.6 Å². The second-order valence-corrected chi connectivity index (χ2v) is 5.96. The second kappa shape index (κ2) is 7.86. The minimum atomic E-state index is -0.825. The second-order valence-electron chi connectivity index (χ2n) is 4.97. The number of nitrogens with two attached hydrogens (primary N) is 1. The maximum Gasteiger partial charge on any atom is 0.234 e. The Morgan fingerprint density at radius 2 is 2.04 bits per heavy atom. The number of hydrogen-bond acceptors (Lipinski definition) is 7. The van der Waals surface area contributed by atoms with Gasteiger partial charge in [-0.05, 0) is 12.1 Å². The van der Waals surface area contributed by atoms with Gasteiger partial charge < -0.3 is 16.0 Å². The number of halogens is 2. The molecule has 0 atom stereocenters. The highest BCUT2D eigenvalue weighted by Gasteiger charge is 2.10. The lowest BCUT2D eigenvalue weighted by molar-refractivity contribution is -0.113. The van der Waals surface area contributed by atoms with Crippen LogP contribution in [-0.2, 0) is 10.5 Å². The van der Waals surface area contributed by atoms with E-state index in [1.165, 1.54) is 17.8 Å². The predicted molar refractivity (Wildman–Crippen MR) is 89.7 cm³/mol. The highest BCUT2D eigenvalue weighted by Crippen LogP contribution is 2.16. The summed E-state index contributed by atoms with van der Waals surface area (Å²) in [5.41, 5.74) is 5.54. The molecular weight excluding hydrogens is 338 g/mol. The SMILES string of the molecule is CN(C)c1nc(N)nc(CSCC(=O)Nc2ccc(F)cc2F)n1. The van der Waals surface area contributed by atoms with Crippen molar-refractivity contribution in [2.45, 2.75) is 5.75 Å². The monoisotopic (exact) mass is 354 g/mol. The number of thioether (sulfide) groups is 1. The molecule has 1 aromatic heterocycles. The first kappa shape index (κ1) is 17.9. The molecule has 0 aliphatic heterocycles. The predicted octanol–water partition coefficient (Wildman–Crippen LogP) is 1.67. The quantitative estimate of drug-likeness (QED) is 0.814. The minimum Gasteiger partial charge on any atom is -0.368 e. The smallest absolute Gasteiger partial charge is 0.234 e. The van der Waals surface area contributed by atoms with E-state index in [4.69, 9.17) is 5.73 Å². The minimum absolute atomic E-state index is 0.0553. The van der Waals surface area contributed by atoms with Gasteiger partial charge in [0.05, 0.1) is 17.2 Å². The molecule has 24 heavy (non-hydrogen) atoms. The van der Waals surface area contributed by atoms with E-state index in [0.717, 1.165) is 6.07 Å². The molecule has 3 N–H and O–H groups in total. The number of rotatable bonds is 6. The summed E-state index contributed by atoms with van der Waals surface area (Å²) in [5.74, 6) is -0.583. The van der Waals surface area contributed by atoms with Crippen LogP contribution in [0, 0.1) is 11.6 Å². The van der Waals surface area contributed by atoms with Gasteiger partial charge >= 0.3 is 0 Å². The molecule has 0 saturated carbocycles. The fraction of sp³-hybridized carbons (Fsp3) is 0.286. The van der Waals surface area contributed by atoms with Crippen LogP contribution < -0.4 is 16.0 Å². The average Bonchev–Trinajstić information content (AvgIpc) is 2.49. The summed E-state index contributed by atoms with van der Waals surface area (Å²) in [6, 6.07) is 2.95. The Bertz CT molecular complexity index is 743. The van der Waals surface area contributed by atoms with E-state index in [2.05, 4.69) is 20.3 Å². The van der Waals surface area contributed by atoms with E-state index in [9.17, 15) is 13.6 Å². The fourth-order valence-corrected chi connectivity index (χ4v) is 2.37. The zero-order valence-electron chi connectivity index (χ0n) is 13.1. The van der Waals surface area contributed by atoms with E-state index >= 15 is 0 Å². The van der Waals surface area contributed by atoms with Crippen molar-refractivity contribution >= 4 is 35.3 Å². The number of nitrogen functional groups attached to an aromatic ring is 1. The molecule has 1 aromatic carbocycles. The summed E-state index contributed by atoms with van der Waals surface area (Å²) in [4.78, 5) is 25.7. The van der Waals surface area contributed by atoms with Crippen LogP contribution in [0.2, 0.25) is 0 Å². The van der Waals surface area contributed by atoms with Gasteiger partial charge in [-0.2, -0.15) is 15.0 Å². The van der Waals surface area contributed by atoms with E-state index in [1.807, 2.05) is 0 Å². The first-order chi connectivity index (χ1) is 11.3. The fourth-order valence-electron chi connectivity index (χ4n) is 1.70. The molecule has 10 heteroatoms. The summed E-state index contributed by atoms with van der Waals surface area (Å²) >= 11 is 1.24. The number of amides is 1. The van der Waals surface area contributed by atoms with E-state index in [-0.39, 0.29) is 17.4 Å². The molecular formula is C14H16F2N6OS. The lowest BCUT2D eigenvalue weighted by Gasteiger charge is -2.11. The van der Waals surface area contributed by atoms with Crippen molar-refractivity contribution in [2.75, 3.05) is 35.8 Å². The number of carbonyl (C=O) groups is 1. The van der Waals surface area contributed by atoms with Crippen LogP contribution in [-0.4, -0.2) is 40.7 Å². The Morgan fingerprint density at radius 3 is 2.71 bits per heavy atom. The molecule has 0 spiro atoms. The third-order valence-corrected chi connectivity index (χ3v) is 3.69. The van der Waals surface area contributed by atoms with Gasteiger partial charge in [0.15, 0.2) is 0 Å². The van der Waals surface area contributed by atoms with Crippen molar-refractivity contribution < 1.29 is 13.6 Å². The first-order valence-electron chi connectivity index (χ1n) is 6.85. The highest BCUT2D eigenvalue weighted by molar-refractivity contribution is 7.99. The Hall–Kier alpha value is -2.49. The summed E-state index contributed by atoms with van der Waals surface area (Å²) in [7, 11) is 3.55. The Kier molecular flexibility index (Phi) is 5.85. The molecule has 0 radical (unpaired) electrons. The van der Waals surface area contributed by atoms with Crippen LogP contribution in [0.3, 0.4) is 0 Å². The highest BCUT2D eigenvalue weighted by atomic mass is 32.2. The topological polar surface area (TPSA) is 97.0 Å². The lowest BCUT2D eigenvalue weighted by atomic mass is 10.3. The molecule has 2 rings (SSSR count). The van der Waals surface area contributed by atoms with Crippen molar-refractivity contribution in [1.82, 2.24) is 15.0 Å².